The minimum absolute atomic E-state index is 0.131. The number of sulfonamides is 1. The van der Waals surface area contributed by atoms with Gasteiger partial charge in [-0.1, -0.05) is 23.2 Å². The quantitative estimate of drug-likeness (QED) is 0.906. The zero-order chi connectivity index (χ0) is 15.6. The summed E-state index contributed by atoms with van der Waals surface area (Å²) in [4.78, 5) is 0.131. The molecule has 0 aliphatic heterocycles. The van der Waals surface area contributed by atoms with Crippen LogP contribution in [0.25, 0.3) is 0 Å². The molecule has 0 bridgehead atoms. The molecule has 0 aromatic heterocycles. The van der Waals surface area contributed by atoms with Crippen molar-refractivity contribution < 1.29 is 13.2 Å². The van der Waals surface area contributed by atoms with Crippen LogP contribution in [0.4, 0.5) is 5.69 Å². The van der Waals surface area contributed by atoms with E-state index in [9.17, 15) is 8.42 Å². The second kappa shape index (κ2) is 6.13. The summed E-state index contributed by atoms with van der Waals surface area (Å²) in [5.41, 5.74) is 0.997. The highest BCUT2D eigenvalue weighted by molar-refractivity contribution is 7.92. The maximum Gasteiger partial charge on any atom is 0.261 e. The highest BCUT2D eigenvalue weighted by Gasteiger charge is 2.17. The molecular formula is C14H13Cl2NO3S. The maximum absolute atomic E-state index is 12.3. The van der Waals surface area contributed by atoms with Crippen molar-refractivity contribution >= 4 is 38.9 Å². The van der Waals surface area contributed by atoms with Crippen LogP contribution in [-0.4, -0.2) is 15.5 Å². The van der Waals surface area contributed by atoms with Crippen molar-refractivity contribution in [1.29, 1.82) is 0 Å². The number of anilines is 1. The largest absolute Gasteiger partial charge is 0.496 e. The molecule has 0 amide bonds. The number of hydrogen-bond acceptors (Lipinski definition) is 3. The first-order chi connectivity index (χ1) is 9.83. The summed E-state index contributed by atoms with van der Waals surface area (Å²) in [5, 5.41) is 0.666. The summed E-state index contributed by atoms with van der Waals surface area (Å²) in [5.74, 6) is 0.624. The molecule has 2 rings (SSSR count). The van der Waals surface area contributed by atoms with E-state index in [-0.39, 0.29) is 15.6 Å². The normalized spacial score (nSPS) is 11.2. The zero-order valence-electron chi connectivity index (χ0n) is 11.4. The van der Waals surface area contributed by atoms with Crippen LogP contribution in [0.2, 0.25) is 10.0 Å². The van der Waals surface area contributed by atoms with E-state index in [0.717, 1.165) is 5.56 Å². The first-order valence-corrected chi connectivity index (χ1v) is 8.20. The lowest BCUT2D eigenvalue weighted by Crippen LogP contribution is -2.13. The molecule has 0 fully saturated rings. The van der Waals surface area contributed by atoms with E-state index >= 15 is 0 Å². The van der Waals surface area contributed by atoms with Gasteiger partial charge >= 0.3 is 0 Å². The van der Waals surface area contributed by atoms with Gasteiger partial charge in [0, 0.05) is 5.02 Å². The standard InChI is InChI=1S/C14H13Cl2NO3S/c1-9-7-11(4-6-14(9)20-2)21(18,19)17-13-5-3-10(15)8-12(13)16/h3-8,17H,1-2H3. The number of rotatable bonds is 4. The molecule has 0 aliphatic carbocycles. The molecule has 0 atom stereocenters. The van der Waals surface area contributed by atoms with Crippen LogP contribution in [0.15, 0.2) is 41.3 Å². The summed E-state index contributed by atoms with van der Waals surface area (Å²) in [6, 6.07) is 9.15. The molecule has 0 aliphatic rings. The van der Waals surface area contributed by atoms with E-state index < -0.39 is 10.0 Å². The van der Waals surface area contributed by atoms with E-state index in [1.807, 2.05) is 0 Å². The minimum atomic E-state index is -3.73. The number of hydrogen-bond donors (Lipinski definition) is 1. The number of aryl methyl sites for hydroxylation is 1. The lowest BCUT2D eigenvalue weighted by molar-refractivity contribution is 0.411. The lowest BCUT2D eigenvalue weighted by atomic mass is 10.2. The molecule has 0 unspecified atom stereocenters. The Morgan fingerprint density at radius 2 is 1.81 bits per heavy atom. The third-order valence-electron chi connectivity index (χ3n) is 2.85. The minimum Gasteiger partial charge on any atom is -0.496 e. The molecule has 21 heavy (non-hydrogen) atoms. The molecule has 0 radical (unpaired) electrons. The third kappa shape index (κ3) is 3.61. The summed E-state index contributed by atoms with van der Waals surface area (Å²) >= 11 is 11.8. The molecule has 0 spiro atoms. The van der Waals surface area contributed by atoms with Gasteiger partial charge in [-0.2, -0.15) is 0 Å². The predicted molar refractivity (Wildman–Crippen MR) is 85.0 cm³/mol. The Hall–Kier alpha value is -1.43. The molecule has 112 valence electrons. The monoisotopic (exact) mass is 345 g/mol. The van der Waals surface area contributed by atoms with E-state index in [1.54, 1.807) is 19.1 Å². The van der Waals surface area contributed by atoms with Gasteiger partial charge in [-0.05, 0) is 48.9 Å². The fourth-order valence-corrected chi connectivity index (χ4v) is 3.47. The average molecular weight is 346 g/mol. The first-order valence-electron chi connectivity index (χ1n) is 5.96. The first kappa shape index (κ1) is 15.9. The number of nitrogens with one attached hydrogen (secondary N) is 1. The van der Waals surface area contributed by atoms with Gasteiger partial charge < -0.3 is 4.74 Å². The third-order valence-corrected chi connectivity index (χ3v) is 4.76. The molecule has 0 saturated heterocycles. The summed E-state index contributed by atoms with van der Waals surface area (Å²) < 4.78 is 32.2. The Morgan fingerprint density at radius 3 is 2.38 bits per heavy atom. The second-order valence-corrected chi connectivity index (χ2v) is 6.89. The smallest absolute Gasteiger partial charge is 0.261 e. The van der Waals surface area contributed by atoms with Crippen molar-refractivity contribution in [3.8, 4) is 5.75 Å². The van der Waals surface area contributed by atoms with Crippen molar-refractivity contribution in [2.24, 2.45) is 0 Å². The van der Waals surface area contributed by atoms with E-state index in [2.05, 4.69) is 4.72 Å². The Bertz CT molecular complexity index is 776. The van der Waals surface area contributed by atoms with E-state index in [0.29, 0.717) is 10.8 Å². The van der Waals surface area contributed by atoms with Crippen LogP contribution in [0, 0.1) is 6.92 Å². The van der Waals surface area contributed by atoms with Crippen molar-refractivity contribution in [3.05, 3.63) is 52.0 Å². The Morgan fingerprint density at radius 1 is 1.10 bits per heavy atom. The Kier molecular flexibility index (Phi) is 4.66. The summed E-state index contributed by atoms with van der Waals surface area (Å²) in [6.07, 6.45) is 0. The van der Waals surface area contributed by atoms with Crippen LogP contribution < -0.4 is 9.46 Å². The van der Waals surface area contributed by atoms with Crippen molar-refractivity contribution in [2.75, 3.05) is 11.8 Å². The number of methoxy groups -OCH3 is 1. The van der Waals surface area contributed by atoms with Crippen molar-refractivity contribution in [3.63, 3.8) is 0 Å². The average Bonchev–Trinajstić information content (AvgIpc) is 2.42. The number of ether oxygens (including phenoxy) is 1. The van der Waals surface area contributed by atoms with Crippen LogP contribution in [0.1, 0.15) is 5.56 Å². The molecule has 0 saturated carbocycles. The summed E-state index contributed by atoms with van der Waals surface area (Å²) in [7, 11) is -2.20. The van der Waals surface area contributed by atoms with Crippen LogP contribution in [-0.2, 0) is 10.0 Å². The molecule has 7 heteroatoms. The molecule has 2 aromatic carbocycles. The molecule has 1 N–H and O–H groups in total. The van der Waals surface area contributed by atoms with Gasteiger partial charge in [-0.15, -0.1) is 0 Å². The molecule has 2 aromatic rings. The maximum atomic E-state index is 12.3. The Balaban J connectivity index is 2.36. The van der Waals surface area contributed by atoms with Crippen molar-refractivity contribution in [2.45, 2.75) is 11.8 Å². The number of halogens is 2. The van der Waals surface area contributed by atoms with Gasteiger partial charge in [0.05, 0.1) is 22.7 Å². The fraction of sp³-hybridized carbons (Fsp3) is 0.143. The van der Waals surface area contributed by atoms with E-state index in [4.69, 9.17) is 27.9 Å². The van der Waals surface area contributed by atoms with Crippen LogP contribution in [0.5, 0.6) is 5.75 Å². The highest BCUT2D eigenvalue weighted by Crippen LogP contribution is 2.28. The zero-order valence-corrected chi connectivity index (χ0v) is 13.7. The predicted octanol–water partition coefficient (Wildman–Crippen LogP) is 4.11. The topological polar surface area (TPSA) is 55.4 Å². The SMILES string of the molecule is COc1ccc(S(=O)(=O)Nc2ccc(Cl)cc2Cl)cc1C. The molecule has 4 nitrogen and oxygen atoms in total. The van der Waals surface area contributed by atoms with Crippen LogP contribution >= 0.6 is 23.2 Å². The van der Waals surface area contributed by atoms with Gasteiger partial charge in [-0.25, -0.2) is 8.42 Å². The van der Waals surface area contributed by atoms with Gasteiger partial charge in [0.1, 0.15) is 5.75 Å². The van der Waals surface area contributed by atoms with Gasteiger partial charge in [0.2, 0.25) is 0 Å². The molecule has 0 heterocycles. The molecular weight excluding hydrogens is 333 g/mol. The highest BCUT2D eigenvalue weighted by atomic mass is 35.5. The van der Waals surface area contributed by atoms with Gasteiger partial charge in [0.25, 0.3) is 10.0 Å². The van der Waals surface area contributed by atoms with Crippen LogP contribution in [0.3, 0.4) is 0 Å². The Labute approximate surface area is 133 Å². The van der Waals surface area contributed by atoms with Crippen molar-refractivity contribution in [1.82, 2.24) is 0 Å². The summed E-state index contributed by atoms with van der Waals surface area (Å²) in [6.45, 7) is 1.77. The fourth-order valence-electron chi connectivity index (χ4n) is 1.79. The number of benzene rings is 2. The van der Waals surface area contributed by atoms with E-state index in [1.165, 1.54) is 31.4 Å². The van der Waals surface area contributed by atoms with Gasteiger partial charge in [0.15, 0.2) is 0 Å². The lowest BCUT2D eigenvalue weighted by Gasteiger charge is -2.11. The second-order valence-electron chi connectivity index (χ2n) is 4.36. The van der Waals surface area contributed by atoms with Gasteiger partial charge in [-0.3, -0.25) is 4.72 Å².